The molecule has 0 aromatic heterocycles. The van der Waals surface area contributed by atoms with Crippen LogP contribution in [0.15, 0.2) is 42.5 Å². The third kappa shape index (κ3) is 2.65. The van der Waals surface area contributed by atoms with Gasteiger partial charge in [0.25, 0.3) is 0 Å². The number of rotatable bonds is 3. The molecule has 0 amide bonds. The third-order valence-electron chi connectivity index (χ3n) is 3.37. The predicted octanol–water partition coefficient (Wildman–Crippen LogP) is 3.52. The molecule has 0 saturated carbocycles. The molecule has 2 nitrogen and oxygen atoms in total. The molecule has 0 fully saturated rings. The lowest BCUT2D eigenvalue weighted by Crippen LogP contribution is -2.17. The van der Waals surface area contributed by atoms with Gasteiger partial charge in [0, 0.05) is 25.0 Å². The molecule has 2 aromatic carbocycles. The predicted molar refractivity (Wildman–Crippen MR) is 78.9 cm³/mol. The number of nitrogen functional groups attached to an aromatic ring is 1. The molecule has 0 aliphatic rings. The Morgan fingerprint density at radius 3 is 2.06 bits per heavy atom. The van der Waals surface area contributed by atoms with E-state index in [0.29, 0.717) is 0 Å². The second-order valence-corrected chi connectivity index (χ2v) is 4.82. The lowest BCUT2D eigenvalue weighted by Gasteiger charge is -2.22. The van der Waals surface area contributed by atoms with Crippen LogP contribution in [0.3, 0.4) is 0 Å². The van der Waals surface area contributed by atoms with Crippen molar-refractivity contribution in [1.82, 2.24) is 0 Å². The van der Waals surface area contributed by atoms with Gasteiger partial charge in [0.2, 0.25) is 0 Å². The van der Waals surface area contributed by atoms with Gasteiger partial charge in [0.15, 0.2) is 0 Å². The van der Waals surface area contributed by atoms with E-state index >= 15 is 0 Å². The van der Waals surface area contributed by atoms with Crippen molar-refractivity contribution in [3.05, 3.63) is 59.2 Å². The van der Waals surface area contributed by atoms with Crippen molar-refractivity contribution in [3.8, 4) is 0 Å². The van der Waals surface area contributed by atoms with Crippen molar-refractivity contribution < 1.29 is 0 Å². The molecule has 0 unspecified atom stereocenters. The zero-order valence-electron chi connectivity index (χ0n) is 11.3. The molecule has 2 rings (SSSR count). The van der Waals surface area contributed by atoms with Crippen molar-refractivity contribution in [2.75, 3.05) is 17.7 Å². The van der Waals surface area contributed by atoms with E-state index in [2.05, 4.69) is 56.1 Å². The van der Waals surface area contributed by atoms with Crippen LogP contribution in [0.2, 0.25) is 0 Å². The minimum Gasteiger partial charge on any atom is -0.399 e. The summed E-state index contributed by atoms with van der Waals surface area (Å²) in [4.78, 5) is 2.24. The summed E-state index contributed by atoms with van der Waals surface area (Å²) in [6, 6.07) is 14.4. The molecule has 0 saturated heterocycles. The second kappa shape index (κ2) is 5.13. The average molecular weight is 240 g/mol. The van der Waals surface area contributed by atoms with Gasteiger partial charge in [-0.1, -0.05) is 18.2 Å². The topological polar surface area (TPSA) is 29.3 Å². The summed E-state index contributed by atoms with van der Waals surface area (Å²) < 4.78 is 0. The van der Waals surface area contributed by atoms with E-state index in [0.717, 1.165) is 12.2 Å². The Labute approximate surface area is 109 Å². The number of aryl methyl sites for hydroxylation is 2. The van der Waals surface area contributed by atoms with Gasteiger partial charge in [-0.25, -0.2) is 0 Å². The molecule has 0 heterocycles. The Hall–Kier alpha value is -1.96. The molecule has 0 bridgehead atoms. The maximum atomic E-state index is 5.71. The zero-order chi connectivity index (χ0) is 13.1. The number of nitrogens with two attached hydrogens (primary N) is 1. The van der Waals surface area contributed by atoms with E-state index in [1.165, 1.54) is 22.4 Å². The molecular formula is C16H20N2. The first-order valence-corrected chi connectivity index (χ1v) is 6.19. The molecular weight excluding hydrogens is 220 g/mol. The summed E-state index contributed by atoms with van der Waals surface area (Å²) in [5.74, 6) is 0. The summed E-state index contributed by atoms with van der Waals surface area (Å²) in [7, 11) is 2.11. The summed E-state index contributed by atoms with van der Waals surface area (Å²) in [5.41, 5.74) is 11.8. The van der Waals surface area contributed by atoms with Crippen LogP contribution < -0.4 is 10.6 Å². The zero-order valence-corrected chi connectivity index (χ0v) is 11.3. The van der Waals surface area contributed by atoms with E-state index in [9.17, 15) is 0 Å². The summed E-state index contributed by atoms with van der Waals surface area (Å²) >= 11 is 0. The van der Waals surface area contributed by atoms with Crippen molar-refractivity contribution in [2.45, 2.75) is 20.4 Å². The fourth-order valence-electron chi connectivity index (χ4n) is 2.16. The van der Waals surface area contributed by atoms with Gasteiger partial charge in [0.1, 0.15) is 0 Å². The largest absolute Gasteiger partial charge is 0.399 e. The summed E-state index contributed by atoms with van der Waals surface area (Å²) in [6.45, 7) is 5.25. The Bertz CT molecular complexity index is 509. The molecule has 0 spiro atoms. The van der Waals surface area contributed by atoms with Gasteiger partial charge in [-0.05, 0) is 54.8 Å². The van der Waals surface area contributed by atoms with Crippen molar-refractivity contribution in [2.24, 2.45) is 0 Å². The summed E-state index contributed by atoms with van der Waals surface area (Å²) in [5, 5.41) is 0. The number of benzene rings is 2. The minimum absolute atomic E-state index is 0.805. The molecule has 18 heavy (non-hydrogen) atoms. The van der Waals surface area contributed by atoms with Gasteiger partial charge in [-0.2, -0.15) is 0 Å². The van der Waals surface area contributed by atoms with Crippen LogP contribution in [0.25, 0.3) is 0 Å². The fourth-order valence-corrected chi connectivity index (χ4v) is 2.16. The summed E-state index contributed by atoms with van der Waals surface area (Å²) in [6.07, 6.45) is 0. The molecule has 0 aliphatic carbocycles. The first-order valence-electron chi connectivity index (χ1n) is 6.19. The minimum atomic E-state index is 0.805. The normalized spacial score (nSPS) is 10.4. The number of anilines is 2. The van der Waals surface area contributed by atoms with E-state index in [1.807, 2.05) is 12.1 Å². The van der Waals surface area contributed by atoms with Gasteiger partial charge in [0.05, 0.1) is 0 Å². The standard InChI is InChI=1S/C16H20N2/c1-12-5-4-6-13(2)16(12)11-18(3)15-9-7-14(17)8-10-15/h4-10H,11,17H2,1-3H3. The number of nitrogens with zero attached hydrogens (tertiary/aromatic N) is 1. The van der Waals surface area contributed by atoms with Crippen LogP contribution in [0.5, 0.6) is 0 Å². The molecule has 2 aromatic rings. The van der Waals surface area contributed by atoms with E-state index < -0.39 is 0 Å². The Morgan fingerprint density at radius 1 is 0.944 bits per heavy atom. The van der Waals surface area contributed by atoms with Crippen molar-refractivity contribution in [1.29, 1.82) is 0 Å². The molecule has 94 valence electrons. The van der Waals surface area contributed by atoms with E-state index in [-0.39, 0.29) is 0 Å². The maximum Gasteiger partial charge on any atom is 0.0431 e. The lowest BCUT2D eigenvalue weighted by molar-refractivity contribution is 0.905. The smallest absolute Gasteiger partial charge is 0.0431 e. The second-order valence-electron chi connectivity index (χ2n) is 4.82. The SMILES string of the molecule is Cc1cccc(C)c1CN(C)c1ccc(N)cc1. The first-order chi connectivity index (χ1) is 8.58. The van der Waals surface area contributed by atoms with Gasteiger partial charge >= 0.3 is 0 Å². The highest BCUT2D eigenvalue weighted by Crippen LogP contribution is 2.20. The third-order valence-corrected chi connectivity index (χ3v) is 3.37. The van der Waals surface area contributed by atoms with Crippen LogP contribution in [0.4, 0.5) is 11.4 Å². The highest BCUT2D eigenvalue weighted by molar-refractivity contribution is 5.53. The van der Waals surface area contributed by atoms with Gasteiger partial charge < -0.3 is 10.6 Å². The van der Waals surface area contributed by atoms with E-state index in [4.69, 9.17) is 5.73 Å². The maximum absolute atomic E-state index is 5.71. The molecule has 0 atom stereocenters. The van der Waals surface area contributed by atoms with Gasteiger partial charge in [-0.3, -0.25) is 0 Å². The molecule has 0 aliphatic heterocycles. The monoisotopic (exact) mass is 240 g/mol. The Morgan fingerprint density at radius 2 is 1.50 bits per heavy atom. The van der Waals surface area contributed by atoms with Crippen LogP contribution in [0, 0.1) is 13.8 Å². The van der Waals surface area contributed by atoms with Crippen LogP contribution in [0.1, 0.15) is 16.7 Å². The Balaban J connectivity index is 2.21. The van der Waals surface area contributed by atoms with Crippen LogP contribution in [-0.2, 0) is 6.54 Å². The average Bonchev–Trinajstić information content (AvgIpc) is 2.34. The van der Waals surface area contributed by atoms with Crippen molar-refractivity contribution >= 4 is 11.4 Å². The quantitative estimate of drug-likeness (QED) is 0.832. The highest BCUT2D eigenvalue weighted by atomic mass is 15.1. The van der Waals surface area contributed by atoms with E-state index in [1.54, 1.807) is 0 Å². The molecule has 0 radical (unpaired) electrons. The fraction of sp³-hybridized carbons (Fsp3) is 0.250. The van der Waals surface area contributed by atoms with Crippen molar-refractivity contribution in [3.63, 3.8) is 0 Å². The number of hydrogen-bond acceptors (Lipinski definition) is 2. The van der Waals surface area contributed by atoms with Gasteiger partial charge in [-0.15, -0.1) is 0 Å². The lowest BCUT2D eigenvalue weighted by atomic mass is 10.0. The Kier molecular flexibility index (Phi) is 3.56. The first kappa shape index (κ1) is 12.5. The molecule has 2 heteroatoms. The van der Waals surface area contributed by atoms with Crippen LogP contribution in [-0.4, -0.2) is 7.05 Å². The van der Waals surface area contributed by atoms with Crippen LogP contribution >= 0.6 is 0 Å². The molecule has 2 N–H and O–H groups in total. The highest BCUT2D eigenvalue weighted by Gasteiger charge is 2.06. The number of hydrogen-bond donors (Lipinski definition) is 1.